The molecule has 0 bridgehead atoms. The first-order valence-corrected chi connectivity index (χ1v) is 8.94. The number of rotatable bonds is 4. The van der Waals surface area contributed by atoms with Gasteiger partial charge in [-0.2, -0.15) is 0 Å². The predicted molar refractivity (Wildman–Crippen MR) is 106 cm³/mol. The number of amides is 1. The maximum Gasteiger partial charge on any atom is 0.222 e. The lowest BCUT2D eigenvalue weighted by Crippen LogP contribution is -2.69. The third-order valence-electron chi connectivity index (χ3n) is 5.94. The number of nitrogens with zero attached hydrogens (tertiary/aromatic N) is 2. The molecule has 2 aliphatic carbocycles. The molecular weight excluding hydrogens is 419 g/mol. The van der Waals surface area contributed by atoms with Crippen molar-refractivity contribution in [2.45, 2.75) is 63.6 Å². The minimum Gasteiger partial charge on any atom is -0.378 e. The van der Waals surface area contributed by atoms with Crippen LogP contribution >= 0.6 is 24.0 Å². The van der Waals surface area contributed by atoms with Crippen LogP contribution in [0.2, 0.25) is 0 Å². The van der Waals surface area contributed by atoms with E-state index in [0.717, 1.165) is 32.0 Å². The number of nitrogens with one attached hydrogen (secondary N) is 2. The van der Waals surface area contributed by atoms with Crippen LogP contribution in [0.4, 0.5) is 0 Å². The fourth-order valence-corrected chi connectivity index (χ4v) is 4.30. The summed E-state index contributed by atoms with van der Waals surface area (Å²) in [5.74, 6) is 1.10. The Morgan fingerprint density at radius 2 is 2.17 bits per heavy atom. The number of likely N-dealkylation sites (tertiary alicyclic amines) is 1. The molecule has 3 aliphatic rings. The lowest BCUT2D eigenvalue weighted by molar-refractivity contribution is -0.168. The quantitative estimate of drug-likeness (QED) is 0.389. The summed E-state index contributed by atoms with van der Waals surface area (Å²) in [7, 11) is 3.69. The van der Waals surface area contributed by atoms with Gasteiger partial charge < -0.3 is 20.3 Å². The molecule has 24 heavy (non-hydrogen) atoms. The molecule has 138 valence electrons. The number of likely N-dealkylation sites (N-methyl/N-ethyl adjacent to an activating group) is 1. The van der Waals surface area contributed by atoms with Gasteiger partial charge in [-0.25, -0.2) is 0 Å². The molecule has 0 radical (unpaired) electrons. The van der Waals surface area contributed by atoms with Gasteiger partial charge in [-0.3, -0.25) is 9.79 Å². The van der Waals surface area contributed by atoms with Gasteiger partial charge in [0.1, 0.15) is 0 Å². The van der Waals surface area contributed by atoms with Gasteiger partial charge in [0.25, 0.3) is 0 Å². The van der Waals surface area contributed by atoms with Gasteiger partial charge in [-0.15, -0.1) is 24.0 Å². The molecule has 6 nitrogen and oxygen atoms in total. The standard InChI is InChI=1S/C17H30N4O2.HI/c1-4-23-14-10-13(17(14)8-5-9-17)20-16(18-2)19-12-6-7-15(22)21(3)11-12;/h12-14H,4-11H2,1-3H3,(H2,18,19,20);1H. The van der Waals surface area contributed by atoms with Crippen molar-refractivity contribution in [3.8, 4) is 0 Å². The largest absolute Gasteiger partial charge is 0.378 e. The van der Waals surface area contributed by atoms with E-state index >= 15 is 0 Å². The van der Waals surface area contributed by atoms with E-state index in [-0.39, 0.29) is 35.9 Å². The number of carbonyl (C=O) groups excluding carboxylic acids is 1. The Morgan fingerprint density at radius 3 is 2.71 bits per heavy atom. The van der Waals surface area contributed by atoms with Crippen molar-refractivity contribution in [3.63, 3.8) is 0 Å². The highest BCUT2D eigenvalue weighted by Gasteiger charge is 2.59. The highest BCUT2D eigenvalue weighted by Crippen LogP contribution is 2.57. The van der Waals surface area contributed by atoms with E-state index in [1.165, 1.54) is 19.3 Å². The summed E-state index contributed by atoms with van der Waals surface area (Å²) in [6.07, 6.45) is 6.79. The average molecular weight is 450 g/mol. The first-order chi connectivity index (χ1) is 11.1. The molecule has 1 amide bonds. The molecule has 3 atom stereocenters. The molecular formula is C17H31IN4O2. The number of hydrogen-bond donors (Lipinski definition) is 2. The Balaban J connectivity index is 0.00000208. The highest BCUT2D eigenvalue weighted by atomic mass is 127. The fraction of sp³-hybridized carbons (Fsp3) is 0.882. The maximum atomic E-state index is 11.6. The summed E-state index contributed by atoms with van der Waals surface area (Å²) in [6.45, 7) is 3.62. The zero-order valence-electron chi connectivity index (χ0n) is 15.0. The van der Waals surface area contributed by atoms with Crippen LogP contribution in [-0.2, 0) is 9.53 Å². The summed E-state index contributed by atoms with van der Waals surface area (Å²) in [6, 6.07) is 0.742. The van der Waals surface area contributed by atoms with Crippen LogP contribution in [0.15, 0.2) is 4.99 Å². The normalized spacial score (nSPS) is 31.8. The van der Waals surface area contributed by atoms with E-state index in [1.54, 1.807) is 4.90 Å². The Hall–Kier alpha value is -0.570. The lowest BCUT2D eigenvalue weighted by atomic mass is 9.51. The minimum atomic E-state index is 0. The smallest absolute Gasteiger partial charge is 0.222 e. The first-order valence-electron chi connectivity index (χ1n) is 8.94. The number of ether oxygens (including phenoxy) is 1. The van der Waals surface area contributed by atoms with Crippen molar-refractivity contribution in [1.29, 1.82) is 0 Å². The number of halogens is 1. The SMILES string of the molecule is CCOC1CC(NC(=NC)NC2CCC(=O)N(C)C2)C12CCC2.I. The summed E-state index contributed by atoms with van der Waals surface area (Å²) in [4.78, 5) is 17.8. The van der Waals surface area contributed by atoms with Crippen LogP contribution in [-0.4, -0.2) is 62.2 Å². The van der Waals surface area contributed by atoms with Crippen LogP contribution in [0.5, 0.6) is 0 Å². The molecule has 0 aromatic rings. The Kier molecular flexibility index (Phi) is 6.75. The number of piperidine rings is 1. The van der Waals surface area contributed by atoms with Crippen molar-refractivity contribution in [2.75, 3.05) is 27.2 Å². The van der Waals surface area contributed by atoms with Gasteiger partial charge in [0.2, 0.25) is 5.91 Å². The highest BCUT2D eigenvalue weighted by molar-refractivity contribution is 14.0. The van der Waals surface area contributed by atoms with Crippen molar-refractivity contribution < 1.29 is 9.53 Å². The molecule has 2 N–H and O–H groups in total. The van der Waals surface area contributed by atoms with Gasteiger partial charge in [0.05, 0.1) is 6.10 Å². The number of carbonyl (C=O) groups is 1. The molecule has 1 aliphatic heterocycles. The summed E-state index contributed by atoms with van der Waals surface area (Å²) in [5.41, 5.74) is 0.326. The molecule has 2 saturated carbocycles. The van der Waals surface area contributed by atoms with E-state index in [1.807, 2.05) is 14.1 Å². The third-order valence-corrected chi connectivity index (χ3v) is 5.94. The van der Waals surface area contributed by atoms with Crippen molar-refractivity contribution >= 4 is 35.8 Å². The van der Waals surface area contributed by atoms with Gasteiger partial charge >= 0.3 is 0 Å². The zero-order chi connectivity index (χ0) is 16.4. The van der Waals surface area contributed by atoms with Gasteiger partial charge in [-0.1, -0.05) is 6.42 Å². The number of hydrogen-bond acceptors (Lipinski definition) is 3. The average Bonchev–Trinajstić information content (AvgIpc) is 2.47. The monoisotopic (exact) mass is 450 g/mol. The van der Waals surface area contributed by atoms with Crippen molar-refractivity contribution in [1.82, 2.24) is 15.5 Å². The zero-order valence-corrected chi connectivity index (χ0v) is 17.3. The summed E-state index contributed by atoms with van der Waals surface area (Å²) >= 11 is 0. The fourth-order valence-electron chi connectivity index (χ4n) is 4.30. The lowest BCUT2D eigenvalue weighted by Gasteiger charge is -2.61. The van der Waals surface area contributed by atoms with E-state index in [2.05, 4.69) is 22.5 Å². The van der Waals surface area contributed by atoms with Gasteiger partial charge in [-0.05, 0) is 32.6 Å². The van der Waals surface area contributed by atoms with Crippen LogP contribution in [0.1, 0.15) is 45.4 Å². The Labute approximate surface area is 162 Å². The molecule has 3 unspecified atom stereocenters. The Bertz CT molecular complexity index is 481. The van der Waals surface area contributed by atoms with E-state index < -0.39 is 0 Å². The third kappa shape index (κ3) is 3.66. The molecule has 1 heterocycles. The van der Waals surface area contributed by atoms with E-state index in [4.69, 9.17) is 4.74 Å². The van der Waals surface area contributed by atoms with Crippen LogP contribution in [0.25, 0.3) is 0 Å². The summed E-state index contributed by atoms with van der Waals surface area (Å²) < 4.78 is 5.91. The molecule has 3 fully saturated rings. The molecule has 7 heteroatoms. The van der Waals surface area contributed by atoms with Crippen LogP contribution in [0.3, 0.4) is 0 Å². The molecule has 0 aromatic carbocycles. The Morgan fingerprint density at radius 1 is 1.42 bits per heavy atom. The number of aliphatic imine (C=N–C) groups is 1. The van der Waals surface area contributed by atoms with E-state index in [9.17, 15) is 4.79 Å². The minimum absolute atomic E-state index is 0. The van der Waals surface area contributed by atoms with E-state index in [0.29, 0.717) is 24.0 Å². The number of guanidine groups is 1. The maximum absolute atomic E-state index is 11.6. The molecule has 1 saturated heterocycles. The first kappa shape index (κ1) is 19.8. The second-order valence-corrected chi connectivity index (χ2v) is 7.19. The van der Waals surface area contributed by atoms with Gasteiger partial charge in [0.15, 0.2) is 5.96 Å². The summed E-state index contributed by atoms with van der Waals surface area (Å²) in [5, 5.41) is 7.11. The second kappa shape index (κ2) is 8.21. The molecule has 1 spiro atoms. The van der Waals surface area contributed by atoms with Crippen LogP contribution < -0.4 is 10.6 Å². The molecule has 0 aromatic heterocycles. The topological polar surface area (TPSA) is 66.0 Å². The molecule has 3 rings (SSSR count). The van der Waals surface area contributed by atoms with Gasteiger partial charge in [0, 0.05) is 51.2 Å². The predicted octanol–water partition coefficient (Wildman–Crippen LogP) is 1.74. The second-order valence-electron chi connectivity index (χ2n) is 7.19. The van der Waals surface area contributed by atoms with Crippen molar-refractivity contribution in [3.05, 3.63) is 0 Å². The van der Waals surface area contributed by atoms with Crippen LogP contribution in [0, 0.1) is 5.41 Å². The van der Waals surface area contributed by atoms with Crippen molar-refractivity contribution in [2.24, 2.45) is 10.4 Å².